The molecule has 0 aliphatic rings. The van der Waals surface area contributed by atoms with Crippen molar-refractivity contribution in [1.29, 1.82) is 0 Å². The summed E-state index contributed by atoms with van der Waals surface area (Å²) >= 11 is 0. The molecule has 5 heteroatoms. The Labute approximate surface area is 68.6 Å². The zero-order valence-corrected chi connectivity index (χ0v) is 5.94. The van der Waals surface area contributed by atoms with Crippen LogP contribution in [-0.2, 0) is 6.18 Å². The molecule has 0 fully saturated rings. The van der Waals surface area contributed by atoms with Gasteiger partial charge in [0.15, 0.2) is 0 Å². The summed E-state index contributed by atoms with van der Waals surface area (Å²) in [6, 6.07) is 2.69. The Morgan fingerprint density at radius 3 is 2.58 bits per heavy atom. The zero-order valence-electron chi connectivity index (χ0n) is 6.94. The molecule has 0 heterocycles. The maximum Gasteiger partial charge on any atom is 0.416 e. The van der Waals surface area contributed by atoms with E-state index in [1.807, 2.05) is 5.43 Å². The number of anilines is 1. The van der Waals surface area contributed by atoms with Gasteiger partial charge in [-0.3, -0.25) is 5.84 Å². The first-order chi connectivity index (χ1) is 5.96. The predicted octanol–water partition coefficient (Wildman–Crippen LogP) is 1.99. The molecule has 0 radical (unpaired) electrons. The lowest BCUT2D eigenvalue weighted by Gasteiger charge is -2.07. The summed E-state index contributed by atoms with van der Waals surface area (Å²) in [6.07, 6.45) is -4.51. The molecule has 0 aromatic heterocycles. The zero-order chi connectivity index (χ0) is 10.1. The maximum atomic E-state index is 12.2. The highest BCUT2D eigenvalue weighted by Crippen LogP contribution is 2.30. The highest BCUT2D eigenvalue weighted by molar-refractivity contribution is 5.45. The summed E-state index contributed by atoms with van der Waals surface area (Å²) < 4.78 is 43.7. The van der Waals surface area contributed by atoms with E-state index in [-0.39, 0.29) is 5.69 Å². The summed E-state index contributed by atoms with van der Waals surface area (Å²) in [5, 5.41) is 0. The van der Waals surface area contributed by atoms with Crippen molar-refractivity contribution in [2.75, 3.05) is 5.43 Å². The van der Waals surface area contributed by atoms with Crippen LogP contribution in [0.4, 0.5) is 18.9 Å². The number of benzene rings is 1. The third kappa shape index (κ3) is 1.88. The Kier molecular flexibility index (Phi) is 1.87. The molecule has 0 aliphatic carbocycles. The van der Waals surface area contributed by atoms with Gasteiger partial charge in [-0.1, -0.05) is 6.07 Å². The minimum atomic E-state index is -4.51. The van der Waals surface area contributed by atoms with Crippen LogP contribution < -0.4 is 11.3 Å². The van der Waals surface area contributed by atoms with Crippen LogP contribution in [0, 0.1) is 0 Å². The fraction of sp³-hybridized carbons (Fsp3) is 0.143. The molecular weight excluding hydrogens is 169 g/mol. The number of nitrogen functional groups attached to an aromatic ring is 1. The van der Waals surface area contributed by atoms with Crippen molar-refractivity contribution in [2.45, 2.75) is 6.18 Å². The molecule has 66 valence electrons. The van der Waals surface area contributed by atoms with E-state index in [9.17, 15) is 13.2 Å². The quantitative estimate of drug-likeness (QED) is 0.508. The normalized spacial score (nSPS) is 12.5. The smallest absolute Gasteiger partial charge is 0.324 e. The number of hydrazine groups is 1. The Hall–Kier alpha value is -1.23. The van der Waals surface area contributed by atoms with Crippen LogP contribution in [0.2, 0.25) is 0 Å². The average Bonchev–Trinajstić information content (AvgIpc) is 2.02. The van der Waals surface area contributed by atoms with Crippen molar-refractivity contribution >= 4 is 5.69 Å². The van der Waals surface area contributed by atoms with Crippen LogP contribution in [0.25, 0.3) is 0 Å². The van der Waals surface area contributed by atoms with Gasteiger partial charge in [-0.05, 0) is 18.2 Å². The van der Waals surface area contributed by atoms with E-state index in [0.717, 1.165) is 6.07 Å². The van der Waals surface area contributed by atoms with Gasteiger partial charge in [0.05, 0.1) is 6.93 Å². The molecule has 1 rings (SSSR count). The summed E-state index contributed by atoms with van der Waals surface area (Å²) in [7, 11) is 0. The van der Waals surface area contributed by atoms with E-state index in [1.54, 1.807) is 0 Å². The van der Waals surface area contributed by atoms with Gasteiger partial charge in [0.1, 0.15) is 0 Å². The Bertz CT molecular complexity index is 311. The van der Waals surface area contributed by atoms with E-state index >= 15 is 0 Å². The van der Waals surface area contributed by atoms with Crippen molar-refractivity contribution in [3.05, 3.63) is 29.8 Å². The molecule has 0 aliphatic heterocycles. The van der Waals surface area contributed by atoms with E-state index in [2.05, 4.69) is 0 Å². The number of nitrogens with one attached hydrogen (secondary N) is 1. The number of halogens is 3. The third-order valence-electron chi connectivity index (χ3n) is 1.26. The molecule has 0 atom stereocenters. The van der Waals surface area contributed by atoms with Crippen molar-refractivity contribution in [3.8, 4) is 0 Å². The molecule has 0 saturated heterocycles. The second kappa shape index (κ2) is 3.02. The third-order valence-corrected chi connectivity index (χ3v) is 1.26. The maximum absolute atomic E-state index is 12.2. The minimum Gasteiger partial charge on any atom is -0.324 e. The number of hydrogen-bond donors (Lipinski definition) is 2. The fourth-order valence-electron chi connectivity index (χ4n) is 0.719. The standard InChI is InChI=1S/C7H7F3N2/c8-7(9,10)5-2-1-3-6(4-5)12-11/h1-4,12H,11H2/i4D. The lowest BCUT2D eigenvalue weighted by Crippen LogP contribution is -2.09. The van der Waals surface area contributed by atoms with Crippen LogP contribution in [0.15, 0.2) is 24.2 Å². The van der Waals surface area contributed by atoms with Gasteiger partial charge in [0, 0.05) is 5.69 Å². The van der Waals surface area contributed by atoms with Gasteiger partial charge < -0.3 is 5.43 Å². The highest BCUT2D eigenvalue weighted by atomic mass is 19.4. The number of nitrogens with two attached hydrogens (primary N) is 1. The molecule has 0 saturated carbocycles. The van der Waals surface area contributed by atoms with Gasteiger partial charge >= 0.3 is 6.18 Å². The topological polar surface area (TPSA) is 38.0 Å². The monoisotopic (exact) mass is 177 g/mol. The molecule has 3 N–H and O–H groups in total. The van der Waals surface area contributed by atoms with Gasteiger partial charge in [-0.2, -0.15) is 13.2 Å². The van der Waals surface area contributed by atoms with Crippen LogP contribution in [-0.4, -0.2) is 0 Å². The Morgan fingerprint density at radius 1 is 1.42 bits per heavy atom. The average molecular weight is 177 g/mol. The largest absolute Gasteiger partial charge is 0.416 e. The van der Waals surface area contributed by atoms with Gasteiger partial charge in [0.25, 0.3) is 0 Å². The molecule has 0 spiro atoms. The molecule has 2 nitrogen and oxygen atoms in total. The Morgan fingerprint density at radius 2 is 2.08 bits per heavy atom. The van der Waals surface area contributed by atoms with Crippen molar-refractivity contribution in [2.24, 2.45) is 5.84 Å². The van der Waals surface area contributed by atoms with Gasteiger partial charge in [0.2, 0.25) is 0 Å². The summed E-state index contributed by atoms with van der Waals surface area (Å²) in [5.41, 5.74) is 0.977. The molecule has 12 heavy (non-hydrogen) atoms. The number of alkyl halides is 3. The van der Waals surface area contributed by atoms with E-state index in [4.69, 9.17) is 7.21 Å². The second-order valence-electron chi connectivity index (χ2n) is 2.12. The molecule has 0 amide bonds. The first-order valence-corrected chi connectivity index (χ1v) is 3.10. The first-order valence-electron chi connectivity index (χ1n) is 3.60. The molecule has 0 unspecified atom stereocenters. The van der Waals surface area contributed by atoms with E-state index < -0.39 is 17.8 Å². The van der Waals surface area contributed by atoms with Gasteiger partial charge in [-0.15, -0.1) is 0 Å². The van der Waals surface area contributed by atoms with E-state index in [1.165, 1.54) is 12.1 Å². The minimum absolute atomic E-state index is 0.0465. The Balaban J connectivity index is 3.24. The van der Waals surface area contributed by atoms with Crippen molar-refractivity contribution < 1.29 is 14.5 Å². The lowest BCUT2D eigenvalue weighted by atomic mass is 10.2. The van der Waals surface area contributed by atoms with Crippen molar-refractivity contribution in [1.82, 2.24) is 0 Å². The first kappa shape index (κ1) is 7.42. The summed E-state index contributed by atoms with van der Waals surface area (Å²) in [5.74, 6) is 4.93. The lowest BCUT2D eigenvalue weighted by molar-refractivity contribution is -0.137. The van der Waals surface area contributed by atoms with Crippen LogP contribution >= 0.6 is 0 Å². The van der Waals surface area contributed by atoms with Crippen LogP contribution in [0.3, 0.4) is 0 Å². The van der Waals surface area contributed by atoms with Crippen molar-refractivity contribution in [3.63, 3.8) is 0 Å². The summed E-state index contributed by atoms with van der Waals surface area (Å²) in [6.45, 7) is 0. The molecule has 1 aromatic carbocycles. The van der Waals surface area contributed by atoms with Crippen LogP contribution in [0.1, 0.15) is 6.93 Å². The second-order valence-corrected chi connectivity index (χ2v) is 2.12. The fourth-order valence-corrected chi connectivity index (χ4v) is 0.719. The molecule has 0 bridgehead atoms. The van der Waals surface area contributed by atoms with Gasteiger partial charge in [-0.25, -0.2) is 0 Å². The SMILES string of the molecule is [2H]c1c(NN)cccc1C(F)(F)F. The predicted molar refractivity (Wildman–Crippen MR) is 39.3 cm³/mol. The van der Waals surface area contributed by atoms with E-state index in [0.29, 0.717) is 0 Å². The summed E-state index contributed by atoms with van der Waals surface area (Å²) in [4.78, 5) is 0. The van der Waals surface area contributed by atoms with Crippen LogP contribution in [0.5, 0.6) is 0 Å². The number of hydrogen-bond acceptors (Lipinski definition) is 2. The molecular formula is C7H7F3N2. The number of rotatable bonds is 1. The highest BCUT2D eigenvalue weighted by Gasteiger charge is 2.30. The molecule has 1 aromatic rings.